The predicted octanol–water partition coefficient (Wildman–Crippen LogP) is 4.32. The molecular weight excluding hydrogens is 311 g/mol. The first-order chi connectivity index (χ1) is 10.6. The molecule has 2 aromatic carbocycles. The molecule has 0 saturated carbocycles. The number of nitro groups is 1. The van der Waals surface area contributed by atoms with Crippen LogP contribution in [0.25, 0.3) is 0 Å². The number of fused-ring (bicyclic) bond motifs is 1. The Labute approximate surface area is 130 Å². The van der Waals surface area contributed by atoms with Crippen molar-refractivity contribution in [2.75, 3.05) is 11.9 Å². The molecule has 5 nitrogen and oxygen atoms in total. The molecule has 2 aromatic rings. The summed E-state index contributed by atoms with van der Waals surface area (Å²) in [5.74, 6) is -0.164. The van der Waals surface area contributed by atoms with E-state index < -0.39 is 10.7 Å². The number of anilines is 1. The number of ether oxygens (including phenoxy) is 1. The lowest BCUT2D eigenvalue weighted by Gasteiger charge is -2.28. The number of benzene rings is 2. The van der Waals surface area contributed by atoms with Crippen molar-refractivity contribution in [2.24, 2.45) is 0 Å². The van der Waals surface area contributed by atoms with Crippen molar-refractivity contribution in [1.29, 1.82) is 0 Å². The van der Waals surface area contributed by atoms with E-state index in [1.54, 1.807) is 18.2 Å². The Morgan fingerprint density at radius 3 is 2.91 bits per heavy atom. The van der Waals surface area contributed by atoms with E-state index in [0.717, 1.165) is 0 Å². The summed E-state index contributed by atoms with van der Waals surface area (Å²) in [6.07, 6.45) is 0.643. The zero-order valence-corrected chi connectivity index (χ0v) is 12.1. The summed E-state index contributed by atoms with van der Waals surface area (Å²) in [5, 5.41) is 14.2. The fraction of sp³-hybridized carbons (Fsp3) is 0.200. The topological polar surface area (TPSA) is 64.4 Å². The number of halogens is 2. The minimum Gasteiger partial charge on any atom is -0.490 e. The first-order valence-corrected chi connectivity index (χ1v) is 7.06. The molecule has 0 bridgehead atoms. The van der Waals surface area contributed by atoms with E-state index in [1.165, 1.54) is 18.2 Å². The molecule has 0 aliphatic carbocycles. The number of nitrogens with one attached hydrogen (secondary N) is 1. The average Bonchev–Trinajstić information content (AvgIpc) is 2.50. The fourth-order valence-corrected chi connectivity index (χ4v) is 2.69. The Balaban J connectivity index is 1.89. The molecule has 1 aliphatic heterocycles. The van der Waals surface area contributed by atoms with Gasteiger partial charge in [-0.1, -0.05) is 23.7 Å². The predicted molar refractivity (Wildman–Crippen MR) is 81.0 cm³/mol. The second-order valence-electron chi connectivity index (χ2n) is 4.91. The van der Waals surface area contributed by atoms with Crippen LogP contribution in [0.4, 0.5) is 15.8 Å². The highest BCUT2D eigenvalue weighted by Gasteiger charge is 2.24. The number of rotatable bonds is 3. The molecule has 114 valence electrons. The number of non-ortho nitro benzene ring substituents is 1. The molecule has 0 radical (unpaired) electrons. The molecule has 1 N–H and O–H groups in total. The maximum atomic E-state index is 13.8. The number of hydrogen-bond donors (Lipinski definition) is 1. The SMILES string of the molecule is O=[N+]([O-])c1ccc(N[C@H]2CCOc3c(F)cccc32)c(Cl)c1. The van der Waals surface area contributed by atoms with E-state index in [-0.39, 0.29) is 22.5 Å². The molecule has 0 aromatic heterocycles. The number of para-hydroxylation sites is 1. The van der Waals surface area contributed by atoms with E-state index in [9.17, 15) is 14.5 Å². The van der Waals surface area contributed by atoms with Crippen LogP contribution in [0, 0.1) is 15.9 Å². The first kappa shape index (κ1) is 14.6. The summed E-state index contributed by atoms with van der Waals surface area (Å²) in [5.41, 5.74) is 1.20. The van der Waals surface area contributed by atoms with Crippen LogP contribution in [0.15, 0.2) is 36.4 Å². The lowest BCUT2D eigenvalue weighted by molar-refractivity contribution is -0.384. The summed E-state index contributed by atoms with van der Waals surface area (Å²) in [6, 6.07) is 8.80. The third-order valence-corrected chi connectivity index (χ3v) is 3.83. The van der Waals surface area contributed by atoms with Crippen molar-refractivity contribution >= 4 is 23.0 Å². The van der Waals surface area contributed by atoms with Crippen molar-refractivity contribution < 1.29 is 14.1 Å². The van der Waals surface area contributed by atoms with Crippen molar-refractivity contribution in [3.05, 3.63) is 62.9 Å². The molecular formula is C15H12ClFN2O3. The lowest BCUT2D eigenvalue weighted by atomic mass is 10.00. The maximum Gasteiger partial charge on any atom is 0.271 e. The zero-order valence-electron chi connectivity index (χ0n) is 11.4. The highest BCUT2D eigenvalue weighted by Crippen LogP contribution is 2.37. The zero-order chi connectivity index (χ0) is 15.7. The van der Waals surface area contributed by atoms with Gasteiger partial charge >= 0.3 is 0 Å². The molecule has 0 unspecified atom stereocenters. The lowest BCUT2D eigenvalue weighted by Crippen LogP contribution is -2.21. The molecule has 0 saturated heterocycles. The fourth-order valence-electron chi connectivity index (χ4n) is 2.46. The second-order valence-corrected chi connectivity index (χ2v) is 5.32. The van der Waals surface area contributed by atoms with Crippen LogP contribution in [0.1, 0.15) is 18.0 Å². The molecule has 22 heavy (non-hydrogen) atoms. The Bertz CT molecular complexity index is 739. The van der Waals surface area contributed by atoms with Gasteiger partial charge in [-0.15, -0.1) is 0 Å². The van der Waals surface area contributed by atoms with Crippen LogP contribution in [-0.2, 0) is 0 Å². The number of nitrogens with zero attached hydrogens (tertiary/aromatic N) is 1. The Morgan fingerprint density at radius 1 is 1.36 bits per heavy atom. The van der Waals surface area contributed by atoms with Gasteiger partial charge < -0.3 is 10.1 Å². The van der Waals surface area contributed by atoms with Gasteiger partial charge in [-0.3, -0.25) is 10.1 Å². The highest BCUT2D eigenvalue weighted by atomic mass is 35.5. The minimum absolute atomic E-state index is 0.0750. The van der Waals surface area contributed by atoms with Gasteiger partial charge in [0.2, 0.25) is 0 Å². The van der Waals surface area contributed by atoms with E-state index in [4.69, 9.17) is 16.3 Å². The third kappa shape index (κ3) is 2.69. The molecule has 0 amide bonds. The van der Waals surface area contributed by atoms with Gasteiger partial charge in [0, 0.05) is 24.1 Å². The van der Waals surface area contributed by atoms with Gasteiger partial charge in [-0.05, 0) is 12.1 Å². The smallest absolute Gasteiger partial charge is 0.271 e. The van der Waals surface area contributed by atoms with Crippen LogP contribution in [-0.4, -0.2) is 11.5 Å². The number of hydrogen-bond acceptors (Lipinski definition) is 4. The van der Waals surface area contributed by atoms with Crippen LogP contribution in [0.3, 0.4) is 0 Å². The van der Waals surface area contributed by atoms with Crippen LogP contribution >= 0.6 is 11.6 Å². The van der Waals surface area contributed by atoms with Gasteiger partial charge in [-0.2, -0.15) is 0 Å². The molecule has 7 heteroatoms. The van der Waals surface area contributed by atoms with Crippen LogP contribution < -0.4 is 10.1 Å². The second kappa shape index (κ2) is 5.81. The summed E-state index contributed by atoms with van der Waals surface area (Å²) < 4.78 is 19.1. The first-order valence-electron chi connectivity index (χ1n) is 6.68. The van der Waals surface area contributed by atoms with Gasteiger partial charge in [0.05, 0.1) is 28.3 Å². The van der Waals surface area contributed by atoms with Crippen molar-refractivity contribution in [3.63, 3.8) is 0 Å². The van der Waals surface area contributed by atoms with Crippen LogP contribution in [0.2, 0.25) is 5.02 Å². The summed E-state index contributed by atoms with van der Waals surface area (Å²) >= 11 is 6.08. The van der Waals surface area contributed by atoms with E-state index >= 15 is 0 Å². The third-order valence-electron chi connectivity index (χ3n) is 3.52. The molecule has 3 rings (SSSR count). The minimum atomic E-state index is -0.505. The van der Waals surface area contributed by atoms with Gasteiger partial charge in [0.15, 0.2) is 11.6 Å². The maximum absolute atomic E-state index is 13.8. The van der Waals surface area contributed by atoms with Gasteiger partial charge in [-0.25, -0.2) is 4.39 Å². The summed E-state index contributed by atoms with van der Waals surface area (Å²) in [7, 11) is 0. The Kier molecular flexibility index (Phi) is 3.85. The van der Waals surface area contributed by atoms with Crippen LogP contribution in [0.5, 0.6) is 5.75 Å². The molecule has 0 spiro atoms. The van der Waals surface area contributed by atoms with Crippen molar-refractivity contribution in [3.8, 4) is 5.75 Å². The summed E-state index contributed by atoms with van der Waals surface area (Å²) in [4.78, 5) is 10.2. The van der Waals surface area contributed by atoms with E-state index in [1.807, 2.05) is 0 Å². The molecule has 1 aliphatic rings. The monoisotopic (exact) mass is 322 g/mol. The largest absolute Gasteiger partial charge is 0.490 e. The molecule has 0 fully saturated rings. The van der Waals surface area contributed by atoms with Crippen molar-refractivity contribution in [2.45, 2.75) is 12.5 Å². The van der Waals surface area contributed by atoms with Gasteiger partial charge in [0.1, 0.15) is 0 Å². The summed E-state index contributed by atoms with van der Waals surface area (Å²) in [6.45, 7) is 0.385. The van der Waals surface area contributed by atoms with E-state index in [0.29, 0.717) is 24.3 Å². The Morgan fingerprint density at radius 2 is 2.18 bits per heavy atom. The molecule has 1 heterocycles. The Hall–Kier alpha value is -2.34. The normalized spacial score (nSPS) is 16.5. The van der Waals surface area contributed by atoms with Crippen molar-refractivity contribution in [1.82, 2.24) is 0 Å². The standard InChI is InChI=1S/C15H12ClFN2O3/c16-11-8-9(19(20)21)4-5-14(11)18-13-6-7-22-15-10(13)2-1-3-12(15)17/h1-5,8,13,18H,6-7H2/t13-/m0/s1. The molecule has 1 atom stereocenters. The highest BCUT2D eigenvalue weighted by molar-refractivity contribution is 6.33. The van der Waals surface area contributed by atoms with Gasteiger partial charge in [0.25, 0.3) is 5.69 Å². The quantitative estimate of drug-likeness (QED) is 0.675. The average molecular weight is 323 g/mol. The van der Waals surface area contributed by atoms with E-state index in [2.05, 4.69) is 5.32 Å². The number of nitro benzene ring substituents is 1.